The summed E-state index contributed by atoms with van der Waals surface area (Å²) in [6.45, 7) is 6.08. The van der Waals surface area contributed by atoms with Gasteiger partial charge in [0.25, 0.3) is 0 Å². The fraction of sp³-hybridized carbons (Fsp3) is 0.667. The molecule has 2 N–H and O–H groups in total. The third kappa shape index (κ3) is 4.65. The SMILES string of the molecule is CCc1cc2c(s1)CCOC21CCN(Cc2cnc(NC3CCC(O)CC3)nc2)CC1. The fourth-order valence-corrected chi connectivity index (χ4v) is 6.48. The molecule has 1 spiro atoms. The maximum absolute atomic E-state index is 9.66. The Morgan fingerprint density at radius 3 is 2.65 bits per heavy atom. The van der Waals surface area contributed by atoms with E-state index in [1.165, 1.54) is 10.4 Å². The Morgan fingerprint density at radius 2 is 1.94 bits per heavy atom. The number of nitrogens with zero attached hydrogens (tertiary/aromatic N) is 3. The highest BCUT2D eigenvalue weighted by Gasteiger charge is 2.41. The van der Waals surface area contributed by atoms with Gasteiger partial charge in [-0.05, 0) is 56.6 Å². The maximum atomic E-state index is 9.66. The van der Waals surface area contributed by atoms with Crippen molar-refractivity contribution in [3.8, 4) is 0 Å². The third-order valence-corrected chi connectivity index (χ3v) is 8.55. The van der Waals surface area contributed by atoms with Gasteiger partial charge in [0.1, 0.15) is 0 Å². The van der Waals surface area contributed by atoms with Gasteiger partial charge in [0.05, 0.1) is 18.3 Å². The second-order valence-corrected chi connectivity index (χ2v) is 10.6. The van der Waals surface area contributed by atoms with Gasteiger partial charge in [-0.3, -0.25) is 4.90 Å². The van der Waals surface area contributed by atoms with Gasteiger partial charge in [-0.1, -0.05) is 6.92 Å². The van der Waals surface area contributed by atoms with Crippen LogP contribution in [0.15, 0.2) is 18.5 Å². The summed E-state index contributed by atoms with van der Waals surface area (Å²) >= 11 is 1.99. The van der Waals surface area contributed by atoms with Crippen molar-refractivity contribution in [1.82, 2.24) is 14.9 Å². The normalized spacial score (nSPS) is 26.0. The Hall–Kier alpha value is -1.54. The van der Waals surface area contributed by atoms with Crippen molar-refractivity contribution in [2.45, 2.75) is 82.6 Å². The number of hydrogen-bond donors (Lipinski definition) is 2. The monoisotopic (exact) mass is 442 g/mol. The van der Waals surface area contributed by atoms with Gasteiger partial charge in [0.2, 0.25) is 5.95 Å². The average molecular weight is 443 g/mol. The van der Waals surface area contributed by atoms with E-state index in [2.05, 4.69) is 33.2 Å². The summed E-state index contributed by atoms with van der Waals surface area (Å²) in [7, 11) is 0. The van der Waals surface area contributed by atoms with Crippen molar-refractivity contribution >= 4 is 17.3 Å². The fourth-order valence-electron chi connectivity index (χ4n) is 5.30. The second-order valence-electron chi connectivity index (χ2n) is 9.34. The molecule has 31 heavy (non-hydrogen) atoms. The number of piperidine rings is 1. The van der Waals surface area contributed by atoms with Gasteiger partial charge in [-0.15, -0.1) is 11.3 Å². The van der Waals surface area contributed by atoms with Gasteiger partial charge in [0, 0.05) is 59.8 Å². The number of aliphatic hydroxyl groups is 1. The minimum atomic E-state index is -0.135. The first-order valence-electron chi connectivity index (χ1n) is 11.9. The highest BCUT2D eigenvalue weighted by molar-refractivity contribution is 7.12. The molecular formula is C24H34N4O2S. The molecule has 0 aromatic carbocycles. The van der Waals surface area contributed by atoms with E-state index in [4.69, 9.17) is 4.74 Å². The van der Waals surface area contributed by atoms with E-state index < -0.39 is 0 Å². The van der Waals surface area contributed by atoms with Crippen molar-refractivity contribution in [2.75, 3.05) is 25.0 Å². The van der Waals surface area contributed by atoms with Crippen LogP contribution in [0.1, 0.15) is 66.3 Å². The third-order valence-electron chi connectivity index (χ3n) is 7.21. The molecule has 0 atom stereocenters. The van der Waals surface area contributed by atoms with Crippen LogP contribution in [0.25, 0.3) is 0 Å². The summed E-state index contributed by atoms with van der Waals surface area (Å²) < 4.78 is 6.42. The van der Waals surface area contributed by atoms with Crippen LogP contribution in [0.3, 0.4) is 0 Å². The van der Waals surface area contributed by atoms with Gasteiger partial charge < -0.3 is 15.2 Å². The topological polar surface area (TPSA) is 70.5 Å². The first-order valence-corrected chi connectivity index (χ1v) is 12.7. The van der Waals surface area contributed by atoms with Crippen molar-refractivity contribution in [2.24, 2.45) is 0 Å². The molecule has 1 saturated carbocycles. The molecule has 7 heteroatoms. The van der Waals surface area contributed by atoms with E-state index in [0.717, 1.165) is 83.2 Å². The molecule has 5 rings (SSSR count). The van der Waals surface area contributed by atoms with Gasteiger partial charge >= 0.3 is 0 Å². The predicted octanol–water partition coefficient (Wildman–Crippen LogP) is 3.88. The van der Waals surface area contributed by atoms with E-state index in [0.29, 0.717) is 12.0 Å². The van der Waals surface area contributed by atoms with Crippen LogP contribution in [0.4, 0.5) is 5.95 Å². The van der Waals surface area contributed by atoms with Crippen molar-refractivity contribution in [3.05, 3.63) is 39.3 Å². The molecule has 168 valence electrons. The summed E-state index contributed by atoms with van der Waals surface area (Å²) in [6.07, 6.45) is 11.8. The molecule has 0 radical (unpaired) electrons. The molecule has 2 aliphatic heterocycles. The molecule has 6 nitrogen and oxygen atoms in total. The molecule has 1 saturated heterocycles. The highest BCUT2D eigenvalue weighted by atomic mass is 32.1. The van der Waals surface area contributed by atoms with E-state index in [9.17, 15) is 5.11 Å². The van der Waals surface area contributed by atoms with E-state index >= 15 is 0 Å². The van der Waals surface area contributed by atoms with Crippen LogP contribution in [-0.4, -0.2) is 51.8 Å². The summed E-state index contributed by atoms with van der Waals surface area (Å²) in [6, 6.07) is 2.79. The number of fused-ring (bicyclic) bond motifs is 2. The van der Waals surface area contributed by atoms with Crippen molar-refractivity contribution < 1.29 is 9.84 Å². The number of likely N-dealkylation sites (tertiary alicyclic amines) is 1. The molecule has 0 unspecified atom stereocenters. The lowest BCUT2D eigenvalue weighted by molar-refractivity contribution is -0.0981. The summed E-state index contributed by atoms with van der Waals surface area (Å²) in [5.74, 6) is 0.704. The van der Waals surface area contributed by atoms with Crippen molar-refractivity contribution in [1.29, 1.82) is 0 Å². The van der Waals surface area contributed by atoms with Gasteiger partial charge in [0.15, 0.2) is 0 Å². The summed E-state index contributed by atoms with van der Waals surface area (Å²) in [5.41, 5.74) is 2.58. The van der Waals surface area contributed by atoms with Crippen LogP contribution in [0, 0.1) is 0 Å². The molecule has 0 bridgehead atoms. The number of nitrogens with one attached hydrogen (secondary N) is 1. The Kier molecular flexibility index (Phi) is 6.28. The Balaban J connectivity index is 1.16. The van der Waals surface area contributed by atoms with Crippen LogP contribution in [-0.2, 0) is 29.7 Å². The predicted molar refractivity (Wildman–Crippen MR) is 123 cm³/mol. The zero-order chi connectivity index (χ0) is 21.3. The molecule has 0 amide bonds. The molecule has 2 aromatic rings. The standard InChI is InChI=1S/C24H34N4O2S/c1-2-20-13-21-22(31-20)7-12-30-24(21)8-10-28(11-9-24)16-17-14-25-23(26-15-17)27-18-3-5-19(29)6-4-18/h13-15,18-19,29H,2-12,16H2,1H3,(H,25,26,27). The Labute approximate surface area is 189 Å². The first kappa shape index (κ1) is 21.3. The zero-order valence-corrected chi connectivity index (χ0v) is 19.3. The molecule has 2 fully saturated rings. The van der Waals surface area contributed by atoms with Crippen LogP contribution in [0.5, 0.6) is 0 Å². The number of ether oxygens (including phenoxy) is 1. The number of aliphatic hydroxyl groups excluding tert-OH is 1. The molecular weight excluding hydrogens is 408 g/mol. The highest BCUT2D eigenvalue weighted by Crippen LogP contribution is 2.44. The number of thiophene rings is 1. The molecule has 3 aliphatic rings. The molecule has 1 aliphatic carbocycles. The first-order chi connectivity index (χ1) is 15.1. The van der Waals surface area contributed by atoms with Gasteiger partial charge in [-0.25, -0.2) is 9.97 Å². The largest absolute Gasteiger partial charge is 0.393 e. The average Bonchev–Trinajstić information content (AvgIpc) is 3.24. The Morgan fingerprint density at radius 1 is 1.19 bits per heavy atom. The molecule has 4 heterocycles. The van der Waals surface area contributed by atoms with Crippen LogP contribution in [0.2, 0.25) is 0 Å². The molecule has 2 aromatic heterocycles. The number of aryl methyl sites for hydroxylation is 1. The Bertz CT molecular complexity index is 868. The van der Waals surface area contributed by atoms with E-state index in [1.807, 2.05) is 23.7 Å². The minimum Gasteiger partial charge on any atom is -0.393 e. The lowest BCUT2D eigenvalue weighted by Gasteiger charge is -2.44. The van der Waals surface area contributed by atoms with E-state index in [1.54, 1.807) is 4.88 Å². The lowest BCUT2D eigenvalue weighted by atomic mass is 9.82. The minimum absolute atomic E-state index is 0.0636. The number of rotatable bonds is 5. The second kappa shape index (κ2) is 9.14. The lowest BCUT2D eigenvalue weighted by Crippen LogP contribution is -2.45. The number of anilines is 1. The summed E-state index contributed by atoms with van der Waals surface area (Å²) in [4.78, 5) is 14.6. The smallest absolute Gasteiger partial charge is 0.222 e. The van der Waals surface area contributed by atoms with Gasteiger partial charge in [-0.2, -0.15) is 0 Å². The number of aromatic nitrogens is 2. The zero-order valence-electron chi connectivity index (χ0n) is 18.5. The van der Waals surface area contributed by atoms with Crippen LogP contribution >= 0.6 is 11.3 Å². The van der Waals surface area contributed by atoms with Crippen molar-refractivity contribution in [3.63, 3.8) is 0 Å². The summed E-state index contributed by atoms with van der Waals surface area (Å²) in [5, 5.41) is 13.1. The maximum Gasteiger partial charge on any atom is 0.222 e. The van der Waals surface area contributed by atoms with Crippen LogP contribution < -0.4 is 5.32 Å². The number of hydrogen-bond acceptors (Lipinski definition) is 7. The quantitative estimate of drug-likeness (QED) is 0.732. The van der Waals surface area contributed by atoms with E-state index in [-0.39, 0.29) is 11.7 Å².